The molecular formula is C14H12N2S4. The summed E-state index contributed by atoms with van der Waals surface area (Å²) in [5.74, 6) is 2.05. The van der Waals surface area contributed by atoms with Gasteiger partial charge >= 0.3 is 0 Å². The van der Waals surface area contributed by atoms with Crippen molar-refractivity contribution in [2.24, 2.45) is 0 Å². The van der Waals surface area contributed by atoms with Gasteiger partial charge < -0.3 is 0 Å². The predicted molar refractivity (Wildman–Crippen MR) is 94.5 cm³/mol. The molecule has 0 saturated carbocycles. The molecule has 0 saturated heterocycles. The molecule has 2 aliphatic heterocycles. The van der Waals surface area contributed by atoms with Crippen molar-refractivity contribution >= 4 is 56.9 Å². The Bertz CT molecular complexity index is 579. The van der Waals surface area contributed by atoms with E-state index in [2.05, 4.69) is 57.1 Å². The van der Waals surface area contributed by atoms with Crippen molar-refractivity contribution in [3.63, 3.8) is 0 Å². The molecule has 0 fully saturated rings. The standard InChI is InChI=1S/C14H12N2S4/c1-3-7-13-11(5-1)15(9-17-13)19-20-16-10-18-14-8-4-2-6-12(14)16/h1-8H,9-10H2. The van der Waals surface area contributed by atoms with Crippen LogP contribution in [-0.2, 0) is 0 Å². The molecular weight excluding hydrogens is 324 g/mol. The number of rotatable bonds is 3. The number of hydrogen-bond acceptors (Lipinski definition) is 6. The summed E-state index contributed by atoms with van der Waals surface area (Å²) >= 11 is 3.82. The number of anilines is 2. The summed E-state index contributed by atoms with van der Waals surface area (Å²) in [6.45, 7) is 0. The number of hydrogen-bond donors (Lipinski definition) is 0. The van der Waals surface area contributed by atoms with Crippen molar-refractivity contribution in [3.8, 4) is 0 Å². The van der Waals surface area contributed by atoms with Gasteiger partial charge in [0.2, 0.25) is 0 Å². The van der Waals surface area contributed by atoms with Gasteiger partial charge in [-0.25, -0.2) is 0 Å². The second-order valence-corrected chi connectivity index (χ2v) is 8.44. The first-order valence-corrected chi connectivity index (χ1v) is 10.3. The Morgan fingerprint density at radius 2 is 1.15 bits per heavy atom. The van der Waals surface area contributed by atoms with E-state index >= 15 is 0 Å². The lowest BCUT2D eigenvalue weighted by Gasteiger charge is -2.21. The fourth-order valence-corrected chi connectivity index (χ4v) is 7.12. The summed E-state index contributed by atoms with van der Waals surface area (Å²) in [6.07, 6.45) is 0. The maximum absolute atomic E-state index is 2.37. The fourth-order valence-electron chi connectivity index (χ4n) is 2.17. The average molecular weight is 337 g/mol. The molecule has 6 heteroatoms. The van der Waals surface area contributed by atoms with Crippen molar-refractivity contribution in [2.75, 3.05) is 20.4 Å². The molecule has 20 heavy (non-hydrogen) atoms. The van der Waals surface area contributed by atoms with Crippen LogP contribution in [0.3, 0.4) is 0 Å². The molecule has 0 unspecified atom stereocenters. The lowest BCUT2D eigenvalue weighted by Crippen LogP contribution is -2.12. The maximum atomic E-state index is 2.37. The van der Waals surface area contributed by atoms with Gasteiger partial charge in [-0.3, -0.25) is 8.61 Å². The van der Waals surface area contributed by atoms with Crippen LogP contribution in [0.4, 0.5) is 11.4 Å². The zero-order chi connectivity index (χ0) is 13.4. The van der Waals surface area contributed by atoms with E-state index in [0.717, 1.165) is 11.8 Å². The van der Waals surface area contributed by atoms with Gasteiger partial charge in [0.15, 0.2) is 0 Å². The summed E-state index contributed by atoms with van der Waals surface area (Å²) in [4.78, 5) is 2.77. The molecule has 0 radical (unpaired) electrons. The third-order valence-electron chi connectivity index (χ3n) is 3.16. The van der Waals surface area contributed by atoms with Crippen molar-refractivity contribution in [2.45, 2.75) is 9.79 Å². The van der Waals surface area contributed by atoms with Gasteiger partial charge in [-0.15, -0.1) is 23.5 Å². The minimum absolute atomic E-state index is 1.03. The summed E-state index contributed by atoms with van der Waals surface area (Å²) in [5, 5.41) is 0. The van der Waals surface area contributed by atoms with Crippen LogP contribution in [0.5, 0.6) is 0 Å². The molecule has 2 aromatic carbocycles. The third-order valence-corrected chi connectivity index (χ3v) is 7.93. The van der Waals surface area contributed by atoms with E-state index in [-0.39, 0.29) is 0 Å². The predicted octanol–water partition coefficient (Wildman–Crippen LogP) is 5.34. The van der Waals surface area contributed by atoms with Gasteiger partial charge in [0.05, 0.1) is 23.1 Å². The van der Waals surface area contributed by atoms with Crippen LogP contribution < -0.4 is 8.61 Å². The minimum Gasteiger partial charge on any atom is -0.294 e. The SMILES string of the molecule is c1ccc2c(c1)SCN2SSN1CSc2ccccc21. The molecule has 102 valence electrons. The lowest BCUT2D eigenvalue weighted by atomic mass is 10.3. The molecule has 2 heterocycles. The first kappa shape index (κ1) is 13.1. The summed E-state index contributed by atoms with van der Waals surface area (Å²) in [6, 6.07) is 17.3. The maximum Gasteiger partial charge on any atom is 0.0806 e. The highest BCUT2D eigenvalue weighted by molar-refractivity contribution is 8.77. The Balaban J connectivity index is 1.45. The van der Waals surface area contributed by atoms with E-state index in [0.29, 0.717) is 0 Å². The summed E-state index contributed by atoms with van der Waals surface area (Å²) in [7, 11) is 3.66. The number of nitrogens with zero attached hydrogens (tertiary/aromatic N) is 2. The van der Waals surface area contributed by atoms with Crippen molar-refractivity contribution in [1.29, 1.82) is 0 Å². The zero-order valence-electron chi connectivity index (χ0n) is 10.6. The van der Waals surface area contributed by atoms with Gasteiger partial charge in [0.25, 0.3) is 0 Å². The van der Waals surface area contributed by atoms with Gasteiger partial charge in [-0.2, -0.15) is 0 Å². The van der Waals surface area contributed by atoms with E-state index in [1.165, 1.54) is 21.2 Å². The van der Waals surface area contributed by atoms with Crippen molar-refractivity contribution < 1.29 is 0 Å². The Morgan fingerprint density at radius 1 is 0.700 bits per heavy atom. The molecule has 0 N–H and O–H groups in total. The first-order chi connectivity index (χ1) is 9.92. The van der Waals surface area contributed by atoms with Crippen LogP contribution in [-0.4, -0.2) is 11.8 Å². The topological polar surface area (TPSA) is 6.48 Å². The molecule has 0 amide bonds. The number of benzene rings is 2. The molecule has 2 aromatic rings. The molecule has 0 spiro atoms. The van der Waals surface area contributed by atoms with E-state index in [1.807, 2.05) is 45.5 Å². The van der Waals surface area contributed by atoms with Crippen LogP contribution in [0.1, 0.15) is 0 Å². The minimum atomic E-state index is 1.03. The molecule has 2 aliphatic rings. The van der Waals surface area contributed by atoms with Crippen LogP contribution in [0.2, 0.25) is 0 Å². The summed E-state index contributed by atoms with van der Waals surface area (Å²) in [5.41, 5.74) is 2.69. The van der Waals surface area contributed by atoms with E-state index in [9.17, 15) is 0 Å². The van der Waals surface area contributed by atoms with E-state index in [1.54, 1.807) is 0 Å². The first-order valence-electron chi connectivity index (χ1n) is 6.25. The number of thioether (sulfide) groups is 2. The Morgan fingerprint density at radius 3 is 1.65 bits per heavy atom. The van der Waals surface area contributed by atoms with Gasteiger partial charge in [-0.05, 0) is 24.3 Å². The molecule has 2 nitrogen and oxygen atoms in total. The Hall–Kier alpha value is -0.560. The normalized spacial score (nSPS) is 16.4. The van der Waals surface area contributed by atoms with Crippen LogP contribution in [0.25, 0.3) is 0 Å². The highest BCUT2D eigenvalue weighted by Gasteiger charge is 2.24. The number of para-hydroxylation sites is 2. The highest BCUT2D eigenvalue weighted by Crippen LogP contribution is 2.49. The largest absolute Gasteiger partial charge is 0.294 e. The van der Waals surface area contributed by atoms with E-state index < -0.39 is 0 Å². The number of fused-ring (bicyclic) bond motifs is 2. The average Bonchev–Trinajstić information content (AvgIpc) is 3.09. The summed E-state index contributed by atoms with van der Waals surface area (Å²) < 4.78 is 4.74. The molecule has 0 bridgehead atoms. The molecule has 0 aliphatic carbocycles. The monoisotopic (exact) mass is 336 g/mol. The van der Waals surface area contributed by atoms with Crippen molar-refractivity contribution in [1.82, 2.24) is 0 Å². The van der Waals surface area contributed by atoms with Gasteiger partial charge in [0.1, 0.15) is 0 Å². The molecule has 0 aromatic heterocycles. The quantitative estimate of drug-likeness (QED) is 0.547. The lowest BCUT2D eigenvalue weighted by molar-refractivity contribution is 1.31. The van der Waals surface area contributed by atoms with Crippen LogP contribution in [0.15, 0.2) is 58.3 Å². The van der Waals surface area contributed by atoms with Gasteiger partial charge in [0, 0.05) is 31.8 Å². The smallest absolute Gasteiger partial charge is 0.0806 e. The Labute approximate surface area is 135 Å². The molecule has 4 rings (SSSR count). The Kier molecular flexibility index (Phi) is 3.72. The fraction of sp³-hybridized carbons (Fsp3) is 0.143. The second-order valence-electron chi connectivity index (χ2n) is 4.39. The van der Waals surface area contributed by atoms with Gasteiger partial charge in [-0.1, -0.05) is 24.3 Å². The highest BCUT2D eigenvalue weighted by atomic mass is 33.1. The zero-order valence-corrected chi connectivity index (χ0v) is 13.8. The van der Waals surface area contributed by atoms with Crippen molar-refractivity contribution in [3.05, 3.63) is 48.5 Å². The van der Waals surface area contributed by atoms with Crippen LogP contribution >= 0.6 is 45.5 Å². The molecule has 0 atom stereocenters. The van der Waals surface area contributed by atoms with E-state index in [4.69, 9.17) is 0 Å². The second kappa shape index (κ2) is 5.67. The van der Waals surface area contributed by atoms with Crippen LogP contribution in [0, 0.1) is 0 Å². The third kappa shape index (κ3) is 2.39.